The molecular weight excluding hydrogens is 338 g/mol. The van der Waals surface area contributed by atoms with Crippen molar-refractivity contribution in [1.29, 1.82) is 0 Å². The summed E-state index contributed by atoms with van der Waals surface area (Å²) < 4.78 is 28.8. The zero-order valence-corrected chi connectivity index (χ0v) is 13.6. The molecule has 0 saturated carbocycles. The first-order chi connectivity index (χ1) is 10.9. The number of anilines is 1. The number of nitrogens with zero attached hydrogens (tertiary/aromatic N) is 4. The van der Waals surface area contributed by atoms with Crippen LogP contribution in [0.25, 0.3) is 11.1 Å². The highest BCUT2D eigenvalue weighted by molar-refractivity contribution is 7.92. The molecule has 0 spiro atoms. The van der Waals surface area contributed by atoms with Gasteiger partial charge in [-0.05, 0) is 23.8 Å². The second-order valence-electron chi connectivity index (χ2n) is 4.78. The van der Waals surface area contributed by atoms with E-state index in [0.29, 0.717) is 0 Å². The molecule has 0 bridgehead atoms. The Kier molecular flexibility index (Phi) is 4.01. The maximum Gasteiger partial charge on any atom is 0.264 e. The third-order valence-corrected chi connectivity index (χ3v) is 4.56. The van der Waals surface area contributed by atoms with Gasteiger partial charge in [0.2, 0.25) is 0 Å². The van der Waals surface area contributed by atoms with Gasteiger partial charge in [-0.15, -0.1) is 0 Å². The summed E-state index contributed by atoms with van der Waals surface area (Å²) in [5.74, 6) is 0.200. The highest BCUT2D eigenvalue weighted by Crippen LogP contribution is 2.22. The molecule has 23 heavy (non-hydrogen) atoms. The fourth-order valence-electron chi connectivity index (χ4n) is 1.97. The van der Waals surface area contributed by atoms with Gasteiger partial charge in [0.1, 0.15) is 10.7 Å². The van der Waals surface area contributed by atoms with E-state index in [4.69, 9.17) is 11.6 Å². The highest BCUT2D eigenvalue weighted by atomic mass is 35.5. The van der Waals surface area contributed by atoms with E-state index >= 15 is 0 Å². The molecule has 7 nitrogen and oxygen atoms in total. The monoisotopic (exact) mass is 349 g/mol. The third-order valence-electron chi connectivity index (χ3n) is 3.03. The minimum Gasteiger partial charge on any atom is -0.275 e. The van der Waals surface area contributed by atoms with Gasteiger partial charge in [0.05, 0.1) is 11.2 Å². The first kappa shape index (κ1) is 15.4. The van der Waals surface area contributed by atoms with E-state index in [1.807, 2.05) is 6.20 Å². The molecule has 0 unspecified atom stereocenters. The minimum atomic E-state index is -3.81. The Morgan fingerprint density at radius 1 is 1.17 bits per heavy atom. The number of halogens is 1. The van der Waals surface area contributed by atoms with Crippen LogP contribution in [-0.2, 0) is 17.1 Å². The predicted octanol–water partition coefficient (Wildman–Crippen LogP) is 2.33. The van der Waals surface area contributed by atoms with Crippen molar-refractivity contribution >= 4 is 27.4 Å². The molecule has 0 aliphatic carbocycles. The van der Waals surface area contributed by atoms with Gasteiger partial charge in [0, 0.05) is 37.4 Å². The van der Waals surface area contributed by atoms with Crippen LogP contribution in [0.5, 0.6) is 0 Å². The summed E-state index contributed by atoms with van der Waals surface area (Å²) in [7, 11) is -2.00. The van der Waals surface area contributed by atoms with Gasteiger partial charge in [-0.25, -0.2) is 13.4 Å². The molecule has 0 saturated heterocycles. The summed E-state index contributed by atoms with van der Waals surface area (Å²) >= 11 is 5.78. The number of nitrogens with one attached hydrogen (secondary N) is 1. The molecule has 0 radical (unpaired) electrons. The molecule has 3 aromatic heterocycles. The molecule has 0 aliphatic heterocycles. The van der Waals surface area contributed by atoms with Gasteiger partial charge >= 0.3 is 0 Å². The molecule has 0 aromatic carbocycles. The van der Waals surface area contributed by atoms with Crippen LogP contribution in [0.1, 0.15) is 0 Å². The molecule has 118 valence electrons. The van der Waals surface area contributed by atoms with Crippen molar-refractivity contribution in [3.05, 3.63) is 54.2 Å². The minimum absolute atomic E-state index is 0.0291. The van der Waals surface area contributed by atoms with Crippen molar-refractivity contribution in [2.45, 2.75) is 4.90 Å². The van der Waals surface area contributed by atoms with Crippen molar-refractivity contribution in [2.75, 3.05) is 4.72 Å². The Labute approximate surface area is 138 Å². The Morgan fingerprint density at radius 3 is 2.70 bits per heavy atom. The van der Waals surface area contributed by atoms with Crippen LogP contribution in [0.4, 0.5) is 5.82 Å². The summed E-state index contributed by atoms with van der Waals surface area (Å²) in [6.45, 7) is 0. The number of hydrogen-bond donors (Lipinski definition) is 1. The van der Waals surface area contributed by atoms with E-state index in [1.54, 1.807) is 30.1 Å². The lowest BCUT2D eigenvalue weighted by Gasteiger charge is -2.08. The van der Waals surface area contributed by atoms with Gasteiger partial charge < -0.3 is 0 Å². The van der Waals surface area contributed by atoms with Crippen LogP contribution in [0.2, 0.25) is 5.02 Å². The first-order valence-corrected chi connectivity index (χ1v) is 8.38. The molecule has 9 heteroatoms. The van der Waals surface area contributed by atoms with Gasteiger partial charge in [-0.3, -0.25) is 14.4 Å². The van der Waals surface area contributed by atoms with Crippen LogP contribution in [-0.4, -0.2) is 28.2 Å². The maximum atomic E-state index is 12.3. The number of pyridine rings is 2. The van der Waals surface area contributed by atoms with E-state index in [2.05, 4.69) is 19.8 Å². The largest absolute Gasteiger partial charge is 0.275 e. The number of rotatable bonds is 4. The summed E-state index contributed by atoms with van der Waals surface area (Å²) in [4.78, 5) is 7.78. The third kappa shape index (κ3) is 3.49. The van der Waals surface area contributed by atoms with Gasteiger partial charge in [-0.2, -0.15) is 5.10 Å². The zero-order chi connectivity index (χ0) is 16.4. The molecule has 3 aromatic rings. The average Bonchev–Trinajstić information content (AvgIpc) is 2.94. The van der Waals surface area contributed by atoms with Crippen LogP contribution < -0.4 is 4.72 Å². The predicted molar refractivity (Wildman–Crippen MR) is 86.5 cm³/mol. The normalized spacial score (nSPS) is 11.4. The second-order valence-corrected chi connectivity index (χ2v) is 6.90. The number of aryl methyl sites for hydroxylation is 1. The van der Waals surface area contributed by atoms with Crippen LogP contribution in [0.15, 0.2) is 54.1 Å². The lowest BCUT2D eigenvalue weighted by Crippen LogP contribution is -2.14. The molecule has 0 atom stereocenters. The quantitative estimate of drug-likeness (QED) is 0.780. The molecule has 3 rings (SSSR count). The maximum absolute atomic E-state index is 12.3. The number of hydrogen-bond acceptors (Lipinski definition) is 5. The lowest BCUT2D eigenvalue weighted by atomic mass is 10.1. The fraction of sp³-hybridized carbons (Fsp3) is 0.0714. The summed E-state index contributed by atoms with van der Waals surface area (Å²) in [5.41, 5.74) is 1.66. The number of sulfonamides is 1. The first-order valence-electron chi connectivity index (χ1n) is 6.52. The molecular formula is C14H12ClN5O2S. The number of aromatic nitrogens is 4. The second kappa shape index (κ2) is 5.98. The van der Waals surface area contributed by atoms with Crippen molar-refractivity contribution in [3.8, 4) is 11.1 Å². The van der Waals surface area contributed by atoms with Crippen LogP contribution in [0.3, 0.4) is 0 Å². The Morgan fingerprint density at radius 2 is 2.00 bits per heavy atom. The van der Waals surface area contributed by atoms with E-state index in [0.717, 1.165) is 11.1 Å². The SMILES string of the molecule is Cn1cc(-c2ccnc(NS(=O)(=O)c3cncc(Cl)c3)c2)cn1. The van der Waals surface area contributed by atoms with E-state index in [9.17, 15) is 8.42 Å². The molecule has 0 aliphatic rings. The van der Waals surface area contributed by atoms with Crippen molar-refractivity contribution in [2.24, 2.45) is 7.05 Å². The molecule has 0 amide bonds. The van der Waals surface area contributed by atoms with Crippen molar-refractivity contribution < 1.29 is 8.42 Å². The van der Waals surface area contributed by atoms with Crippen LogP contribution in [0, 0.1) is 0 Å². The van der Waals surface area contributed by atoms with Crippen LogP contribution >= 0.6 is 11.6 Å². The lowest BCUT2D eigenvalue weighted by molar-refractivity contribution is 0.600. The van der Waals surface area contributed by atoms with Gasteiger partial charge in [0.25, 0.3) is 10.0 Å². The van der Waals surface area contributed by atoms with E-state index < -0.39 is 10.0 Å². The van der Waals surface area contributed by atoms with Gasteiger partial charge in [-0.1, -0.05) is 11.6 Å². The standard InChI is InChI=1S/C14H12ClN5O2S/c1-20-9-11(6-18-20)10-2-3-17-14(4-10)19-23(21,22)13-5-12(15)7-16-8-13/h2-9H,1H3,(H,17,19). The molecule has 3 heterocycles. The van der Waals surface area contributed by atoms with Crippen molar-refractivity contribution in [3.63, 3.8) is 0 Å². The zero-order valence-electron chi connectivity index (χ0n) is 12.0. The van der Waals surface area contributed by atoms with Crippen molar-refractivity contribution in [1.82, 2.24) is 19.7 Å². The Bertz CT molecular complexity index is 955. The molecule has 0 fully saturated rings. The smallest absolute Gasteiger partial charge is 0.264 e. The average molecular weight is 350 g/mol. The van der Waals surface area contributed by atoms with Gasteiger partial charge in [0.15, 0.2) is 0 Å². The Hall–Kier alpha value is -2.45. The summed E-state index contributed by atoms with van der Waals surface area (Å²) in [6, 6.07) is 4.73. The summed E-state index contributed by atoms with van der Waals surface area (Å²) in [6.07, 6.45) is 7.63. The Balaban J connectivity index is 1.91. The molecule has 1 N–H and O–H groups in total. The highest BCUT2D eigenvalue weighted by Gasteiger charge is 2.16. The topological polar surface area (TPSA) is 89.8 Å². The fourth-order valence-corrected chi connectivity index (χ4v) is 3.20. The van der Waals surface area contributed by atoms with E-state index in [1.165, 1.54) is 24.7 Å². The summed E-state index contributed by atoms with van der Waals surface area (Å²) in [5, 5.41) is 4.33. The van der Waals surface area contributed by atoms with E-state index in [-0.39, 0.29) is 15.7 Å².